The van der Waals surface area contributed by atoms with E-state index in [2.05, 4.69) is 0 Å². The van der Waals surface area contributed by atoms with Crippen LogP contribution in [0.2, 0.25) is 0 Å². The van der Waals surface area contributed by atoms with E-state index in [1.54, 1.807) is 32.4 Å². The average Bonchev–Trinajstić information content (AvgIpc) is 2.29. The molecule has 0 aromatic heterocycles. The molecular weight excluding hydrogens is 226 g/mol. The highest BCUT2D eigenvalue weighted by molar-refractivity contribution is 7.85. The van der Waals surface area contributed by atoms with Crippen LogP contribution in [0, 0.1) is 0 Å². The zero-order chi connectivity index (χ0) is 12.0. The van der Waals surface area contributed by atoms with Crippen LogP contribution in [-0.4, -0.2) is 30.8 Å². The summed E-state index contributed by atoms with van der Waals surface area (Å²) in [6.45, 7) is 0.614. The van der Waals surface area contributed by atoms with Gasteiger partial charge in [-0.05, 0) is 18.6 Å². The maximum absolute atomic E-state index is 11.9. The Labute approximate surface area is 98.2 Å². The molecule has 1 aromatic rings. The molecule has 0 aliphatic heterocycles. The Kier molecular flexibility index (Phi) is 5.28. The summed E-state index contributed by atoms with van der Waals surface area (Å²) in [7, 11) is 2.11. The fourth-order valence-electron chi connectivity index (χ4n) is 1.32. The van der Waals surface area contributed by atoms with Crippen LogP contribution in [0.25, 0.3) is 0 Å². The number of benzene rings is 1. The fraction of sp³-hybridized carbons (Fsp3) is 0.455. The minimum Gasteiger partial charge on any atom is -0.495 e. The molecule has 0 saturated heterocycles. The van der Waals surface area contributed by atoms with E-state index in [0.29, 0.717) is 28.7 Å². The van der Waals surface area contributed by atoms with Crippen LogP contribution in [0.15, 0.2) is 23.1 Å². The lowest BCUT2D eigenvalue weighted by Gasteiger charge is -2.08. The van der Waals surface area contributed by atoms with Crippen molar-refractivity contribution in [3.8, 4) is 5.75 Å². The summed E-state index contributed by atoms with van der Waals surface area (Å²) in [4.78, 5) is 0.688. The van der Waals surface area contributed by atoms with Crippen molar-refractivity contribution in [2.75, 3.05) is 32.3 Å². The lowest BCUT2D eigenvalue weighted by molar-refractivity contribution is 0.200. The Balaban J connectivity index is 2.74. The van der Waals surface area contributed by atoms with E-state index in [0.717, 1.165) is 6.42 Å². The maximum Gasteiger partial charge on any atom is 0.137 e. The third-order valence-electron chi connectivity index (χ3n) is 2.11. The number of ether oxygens (including phenoxy) is 2. The summed E-state index contributed by atoms with van der Waals surface area (Å²) in [6, 6.07) is 5.16. The van der Waals surface area contributed by atoms with Crippen molar-refractivity contribution < 1.29 is 13.7 Å². The van der Waals surface area contributed by atoms with E-state index in [4.69, 9.17) is 15.2 Å². The number of hydrogen-bond acceptors (Lipinski definition) is 4. The summed E-state index contributed by atoms with van der Waals surface area (Å²) >= 11 is 0. The minimum absolute atomic E-state index is 0.564. The van der Waals surface area contributed by atoms with Crippen molar-refractivity contribution in [1.82, 2.24) is 0 Å². The first-order valence-corrected chi connectivity index (χ1v) is 6.31. The van der Waals surface area contributed by atoms with Crippen molar-refractivity contribution >= 4 is 16.5 Å². The number of hydrogen-bond donors (Lipinski definition) is 1. The zero-order valence-electron chi connectivity index (χ0n) is 9.56. The minimum atomic E-state index is -1.07. The van der Waals surface area contributed by atoms with E-state index in [1.165, 1.54) is 0 Å². The van der Waals surface area contributed by atoms with Crippen LogP contribution < -0.4 is 10.5 Å². The lowest BCUT2D eigenvalue weighted by Crippen LogP contribution is -2.04. The van der Waals surface area contributed by atoms with Gasteiger partial charge < -0.3 is 15.2 Å². The monoisotopic (exact) mass is 243 g/mol. The number of methoxy groups -OCH3 is 2. The molecule has 0 amide bonds. The van der Waals surface area contributed by atoms with Crippen LogP contribution in [-0.2, 0) is 15.5 Å². The summed E-state index contributed by atoms with van der Waals surface area (Å²) in [5.41, 5.74) is 6.23. The molecule has 16 heavy (non-hydrogen) atoms. The van der Waals surface area contributed by atoms with Crippen molar-refractivity contribution in [3.63, 3.8) is 0 Å². The van der Waals surface area contributed by atoms with Gasteiger partial charge >= 0.3 is 0 Å². The van der Waals surface area contributed by atoms with Gasteiger partial charge in [-0.3, -0.25) is 4.21 Å². The predicted molar refractivity (Wildman–Crippen MR) is 65.2 cm³/mol. The van der Waals surface area contributed by atoms with E-state index in [-0.39, 0.29) is 0 Å². The van der Waals surface area contributed by atoms with Gasteiger partial charge in [0, 0.05) is 31.2 Å². The highest BCUT2D eigenvalue weighted by Gasteiger charge is 2.10. The van der Waals surface area contributed by atoms with Gasteiger partial charge in [-0.2, -0.15) is 0 Å². The first-order valence-electron chi connectivity index (χ1n) is 5.00. The second kappa shape index (κ2) is 6.50. The molecule has 1 rings (SSSR count). The molecule has 0 spiro atoms. The molecule has 1 unspecified atom stereocenters. The Morgan fingerprint density at radius 3 is 2.75 bits per heavy atom. The zero-order valence-corrected chi connectivity index (χ0v) is 10.4. The van der Waals surface area contributed by atoms with Crippen LogP contribution in [0.1, 0.15) is 6.42 Å². The fourth-order valence-corrected chi connectivity index (χ4v) is 2.50. The van der Waals surface area contributed by atoms with Gasteiger partial charge in [0.15, 0.2) is 0 Å². The van der Waals surface area contributed by atoms with Crippen molar-refractivity contribution in [2.24, 2.45) is 0 Å². The quantitative estimate of drug-likeness (QED) is 0.606. The standard InChI is InChI=1S/C11H17NO3S/c1-14-6-3-7-16(13)11-5-4-9(12)8-10(11)15-2/h4-5,8H,3,6-7,12H2,1-2H3. The summed E-state index contributed by atoms with van der Waals surface area (Å²) in [6.07, 6.45) is 0.761. The normalized spacial score (nSPS) is 12.4. The molecule has 0 aliphatic rings. The lowest BCUT2D eigenvalue weighted by atomic mass is 10.3. The molecule has 0 aliphatic carbocycles. The smallest absolute Gasteiger partial charge is 0.137 e. The van der Waals surface area contributed by atoms with Crippen LogP contribution in [0.5, 0.6) is 5.75 Å². The van der Waals surface area contributed by atoms with Crippen molar-refractivity contribution in [3.05, 3.63) is 18.2 Å². The molecule has 0 saturated carbocycles. The topological polar surface area (TPSA) is 61.5 Å². The maximum atomic E-state index is 11.9. The molecular formula is C11H17NO3S. The van der Waals surface area contributed by atoms with Gasteiger partial charge in [0.1, 0.15) is 5.75 Å². The molecule has 1 aromatic carbocycles. The highest BCUT2D eigenvalue weighted by atomic mass is 32.2. The van der Waals surface area contributed by atoms with E-state index in [9.17, 15) is 4.21 Å². The van der Waals surface area contributed by atoms with Crippen molar-refractivity contribution in [1.29, 1.82) is 0 Å². The molecule has 1 atom stereocenters. The number of rotatable bonds is 6. The van der Waals surface area contributed by atoms with Gasteiger partial charge in [-0.25, -0.2) is 0 Å². The third-order valence-corrected chi connectivity index (χ3v) is 3.60. The highest BCUT2D eigenvalue weighted by Crippen LogP contribution is 2.25. The average molecular weight is 243 g/mol. The summed E-state index contributed by atoms with van der Waals surface area (Å²) in [5, 5.41) is 0. The molecule has 0 radical (unpaired) electrons. The molecule has 0 heterocycles. The van der Waals surface area contributed by atoms with Crippen LogP contribution >= 0.6 is 0 Å². The van der Waals surface area contributed by atoms with E-state index in [1.807, 2.05) is 0 Å². The summed E-state index contributed by atoms with van der Waals surface area (Å²) in [5.74, 6) is 1.14. The molecule has 5 heteroatoms. The van der Waals surface area contributed by atoms with Crippen LogP contribution in [0.4, 0.5) is 5.69 Å². The van der Waals surface area contributed by atoms with Gasteiger partial charge in [0.2, 0.25) is 0 Å². The third kappa shape index (κ3) is 3.50. The van der Waals surface area contributed by atoms with E-state index < -0.39 is 10.8 Å². The molecule has 2 N–H and O–H groups in total. The Hall–Kier alpha value is -1.07. The van der Waals surface area contributed by atoms with Gasteiger partial charge in [-0.15, -0.1) is 0 Å². The Morgan fingerprint density at radius 1 is 1.38 bits per heavy atom. The van der Waals surface area contributed by atoms with Crippen LogP contribution in [0.3, 0.4) is 0 Å². The number of nitrogen functional groups attached to an aromatic ring is 1. The predicted octanol–water partition coefficient (Wildman–Crippen LogP) is 1.42. The SMILES string of the molecule is COCCCS(=O)c1ccc(N)cc1OC. The first kappa shape index (κ1) is 13.0. The summed E-state index contributed by atoms with van der Waals surface area (Å²) < 4.78 is 22.0. The first-order chi connectivity index (χ1) is 7.69. The second-order valence-corrected chi connectivity index (χ2v) is 4.85. The number of nitrogens with two attached hydrogens (primary N) is 1. The van der Waals surface area contributed by atoms with Crippen molar-refractivity contribution in [2.45, 2.75) is 11.3 Å². The molecule has 0 bridgehead atoms. The van der Waals surface area contributed by atoms with E-state index >= 15 is 0 Å². The second-order valence-electron chi connectivity index (χ2n) is 3.31. The van der Waals surface area contributed by atoms with Gasteiger partial charge in [0.25, 0.3) is 0 Å². The Bertz CT molecular complexity index is 368. The molecule has 4 nitrogen and oxygen atoms in total. The van der Waals surface area contributed by atoms with Gasteiger partial charge in [-0.1, -0.05) is 0 Å². The number of anilines is 1. The molecule has 0 fully saturated rings. The Morgan fingerprint density at radius 2 is 2.12 bits per heavy atom. The molecule has 90 valence electrons. The van der Waals surface area contributed by atoms with Gasteiger partial charge in [0.05, 0.1) is 22.8 Å². The largest absolute Gasteiger partial charge is 0.495 e.